The molecule has 8 nitrogen and oxygen atoms in total. The zero-order valence-corrected chi connectivity index (χ0v) is 15.9. The summed E-state index contributed by atoms with van der Waals surface area (Å²) in [7, 11) is 1.41. The number of anilines is 4. The number of fused-ring (bicyclic) bond motifs is 1. The molecule has 149 valence electrons. The first kappa shape index (κ1) is 21.8. The van der Waals surface area contributed by atoms with E-state index in [0.29, 0.717) is 40.1 Å². The average molecular weight is 418 g/mol. The van der Waals surface area contributed by atoms with Gasteiger partial charge in [-0.25, -0.2) is 14.2 Å². The van der Waals surface area contributed by atoms with Gasteiger partial charge in [0, 0.05) is 29.2 Å². The van der Waals surface area contributed by atoms with Gasteiger partial charge in [-0.1, -0.05) is 0 Å². The Hall–Kier alpha value is -2.88. The van der Waals surface area contributed by atoms with Crippen LogP contribution in [0.2, 0.25) is 0 Å². The van der Waals surface area contributed by atoms with Gasteiger partial charge in [-0.15, -0.1) is 0 Å². The Morgan fingerprint density at radius 3 is 2.63 bits per heavy atom. The zero-order chi connectivity index (χ0) is 20.5. The molecule has 0 saturated carbocycles. The van der Waals surface area contributed by atoms with E-state index in [1.165, 1.54) is 13.2 Å². The number of hydrogen-bond donors (Lipinski definition) is 2. The second-order valence-corrected chi connectivity index (χ2v) is 6.45. The maximum absolute atomic E-state index is 14.0. The summed E-state index contributed by atoms with van der Waals surface area (Å²) in [5.41, 5.74) is 3.00. The van der Waals surface area contributed by atoms with E-state index in [9.17, 15) is 9.18 Å². The van der Waals surface area contributed by atoms with Crippen LogP contribution in [0.4, 0.5) is 38.0 Å². The molecule has 1 amide bonds. The van der Waals surface area contributed by atoms with Gasteiger partial charge in [-0.3, -0.25) is 0 Å². The first-order chi connectivity index (χ1) is 13.9. The van der Waals surface area contributed by atoms with Gasteiger partial charge in [-0.05, 0) is 43.7 Å². The van der Waals surface area contributed by atoms with Gasteiger partial charge >= 0.3 is 35.7 Å². The second-order valence-electron chi connectivity index (χ2n) is 6.45. The SMILES string of the molecule is COc1cc(Nc2ncc(C)c(Nc3ccc4c(c3)[N]C(=O)O4)n2)cc(C)c1F.[NaH]. The van der Waals surface area contributed by atoms with Crippen LogP contribution in [0.25, 0.3) is 0 Å². The first-order valence-corrected chi connectivity index (χ1v) is 8.72. The molecule has 30 heavy (non-hydrogen) atoms. The number of carbonyl (C=O) groups excluding carboxylic acids is 1. The number of aromatic nitrogens is 2. The summed E-state index contributed by atoms with van der Waals surface area (Å²) in [6.07, 6.45) is 1.03. The van der Waals surface area contributed by atoms with Gasteiger partial charge in [0.05, 0.1) is 7.11 Å². The summed E-state index contributed by atoms with van der Waals surface area (Å²) in [6.45, 7) is 3.51. The van der Waals surface area contributed by atoms with E-state index in [0.717, 1.165) is 5.56 Å². The number of aryl methyl sites for hydroxylation is 2. The molecular formula is C20H18FN5NaO3. The monoisotopic (exact) mass is 418 g/mol. The van der Waals surface area contributed by atoms with Crippen molar-refractivity contribution in [1.82, 2.24) is 15.3 Å². The number of nitrogens with zero attached hydrogens (tertiary/aromatic N) is 3. The third-order valence-corrected chi connectivity index (χ3v) is 4.30. The summed E-state index contributed by atoms with van der Waals surface area (Å²) >= 11 is 0. The van der Waals surface area contributed by atoms with Crippen LogP contribution in [0.15, 0.2) is 36.5 Å². The molecule has 0 spiro atoms. The normalized spacial score (nSPS) is 11.7. The minimum atomic E-state index is -0.633. The molecule has 1 aliphatic rings. The molecule has 0 fully saturated rings. The molecule has 1 aliphatic heterocycles. The van der Waals surface area contributed by atoms with E-state index in [-0.39, 0.29) is 35.3 Å². The quantitative estimate of drug-likeness (QED) is 0.608. The van der Waals surface area contributed by atoms with Crippen LogP contribution >= 0.6 is 0 Å². The van der Waals surface area contributed by atoms with Gasteiger partial charge < -0.3 is 20.1 Å². The number of halogens is 1. The maximum atomic E-state index is 14.0. The fourth-order valence-corrected chi connectivity index (χ4v) is 2.84. The van der Waals surface area contributed by atoms with Gasteiger partial charge in [0.2, 0.25) is 5.95 Å². The molecule has 2 N–H and O–H groups in total. The number of ether oxygens (including phenoxy) is 2. The number of benzene rings is 2. The van der Waals surface area contributed by atoms with Crippen LogP contribution in [-0.2, 0) is 0 Å². The molecule has 0 atom stereocenters. The van der Waals surface area contributed by atoms with Crippen LogP contribution < -0.4 is 25.4 Å². The summed E-state index contributed by atoms with van der Waals surface area (Å²) < 4.78 is 24.0. The molecule has 0 saturated heterocycles. The number of hydrogen-bond acceptors (Lipinski definition) is 7. The molecule has 1 aromatic heterocycles. The third kappa shape index (κ3) is 4.48. The van der Waals surface area contributed by atoms with Crippen LogP contribution in [0.1, 0.15) is 11.1 Å². The van der Waals surface area contributed by atoms with Crippen molar-refractivity contribution in [3.63, 3.8) is 0 Å². The van der Waals surface area contributed by atoms with Crippen molar-refractivity contribution >= 4 is 64.5 Å². The first-order valence-electron chi connectivity index (χ1n) is 8.72. The van der Waals surface area contributed by atoms with Crippen molar-refractivity contribution < 1.29 is 18.7 Å². The molecule has 4 rings (SSSR count). The Bertz CT molecular complexity index is 1130. The fourth-order valence-electron chi connectivity index (χ4n) is 2.84. The second kappa shape index (κ2) is 8.86. The Labute approximate surface area is 194 Å². The average Bonchev–Trinajstić information content (AvgIpc) is 3.06. The van der Waals surface area contributed by atoms with Gasteiger partial charge in [-0.2, -0.15) is 10.3 Å². The van der Waals surface area contributed by atoms with Crippen LogP contribution in [0.3, 0.4) is 0 Å². The summed E-state index contributed by atoms with van der Waals surface area (Å²) in [5.74, 6) is 1.04. The van der Waals surface area contributed by atoms with Crippen molar-refractivity contribution in [2.75, 3.05) is 17.7 Å². The van der Waals surface area contributed by atoms with Crippen molar-refractivity contribution in [1.29, 1.82) is 0 Å². The van der Waals surface area contributed by atoms with Gasteiger partial charge in [0.15, 0.2) is 17.3 Å². The molecule has 0 unspecified atom stereocenters. The van der Waals surface area contributed by atoms with E-state index in [1.807, 2.05) is 6.92 Å². The van der Waals surface area contributed by atoms with E-state index >= 15 is 0 Å². The van der Waals surface area contributed by atoms with E-state index in [2.05, 4.69) is 25.9 Å². The van der Waals surface area contributed by atoms with Crippen LogP contribution in [0.5, 0.6) is 11.5 Å². The van der Waals surface area contributed by atoms with Crippen LogP contribution in [0, 0.1) is 19.7 Å². The summed E-state index contributed by atoms with van der Waals surface area (Å²) in [5, 5.41) is 10.0. The number of methoxy groups -OCH3 is 1. The number of nitrogens with one attached hydrogen (secondary N) is 2. The molecule has 10 heteroatoms. The van der Waals surface area contributed by atoms with Gasteiger partial charge in [0.25, 0.3) is 0 Å². The van der Waals surface area contributed by atoms with E-state index < -0.39 is 11.9 Å². The Kier molecular flexibility index (Phi) is 6.45. The van der Waals surface area contributed by atoms with Crippen LogP contribution in [-0.4, -0.2) is 52.7 Å². The van der Waals surface area contributed by atoms with Gasteiger partial charge in [0.1, 0.15) is 11.5 Å². The summed E-state index contributed by atoms with van der Waals surface area (Å²) in [4.78, 5) is 20.0. The number of amides is 1. The Morgan fingerprint density at radius 1 is 1.07 bits per heavy atom. The third-order valence-electron chi connectivity index (χ3n) is 4.30. The van der Waals surface area contributed by atoms with E-state index in [1.54, 1.807) is 37.4 Å². The minimum absolute atomic E-state index is 0. The molecule has 2 heterocycles. The topological polar surface area (TPSA) is 99.5 Å². The molecular weight excluding hydrogens is 400 g/mol. The Balaban J connectivity index is 0.00000256. The van der Waals surface area contributed by atoms with Crippen molar-refractivity contribution in [3.8, 4) is 11.5 Å². The number of carbonyl (C=O) groups is 1. The zero-order valence-electron chi connectivity index (χ0n) is 15.9. The van der Waals surface area contributed by atoms with E-state index in [4.69, 9.17) is 9.47 Å². The van der Waals surface area contributed by atoms with Crippen molar-refractivity contribution in [2.24, 2.45) is 0 Å². The molecule has 1 radical (unpaired) electrons. The number of rotatable bonds is 5. The molecule has 0 aliphatic carbocycles. The molecule has 0 bridgehead atoms. The molecule has 3 aromatic rings. The van der Waals surface area contributed by atoms with Crippen molar-refractivity contribution in [2.45, 2.75) is 13.8 Å². The Morgan fingerprint density at radius 2 is 1.87 bits per heavy atom. The predicted octanol–water partition coefficient (Wildman–Crippen LogP) is 3.83. The summed E-state index contributed by atoms with van der Waals surface area (Å²) in [6, 6.07) is 8.30. The molecule has 2 aromatic carbocycles. The fraction of sp³-hybridized carbons (Fsp3) is 0.150. The predicted molar refractivity (Wildman–Crippen MR) is 112 cm³/mol. The van der Waals surface area contributed by atoms with Crippen molar-refractivity contribution in [3.05, 3.63) is 53.5 Å². The standard InChI is InChI=1S/C20H17FN5O3.Na.H/c1-10-6-13(8-16(28-3)17(10)21)24-19-22-9-11(2)18(26-19)23-12-4-5-15-14(7-12)25-20(27)29-15;;/h4-9H,1-3H3,(H2,22,23,24,26);;.